The van der Waals surface area contributed by atoms with Gasteiger partial charge in [0.2, 0.25) is 10.0 Å². The van der Waals surface area contributed by atoms with Gasteiger partial charge in [-0.05, 0) is 105 Å². The molecular weight excluding hydrogens is 738 g/mol. The van der Waals surface area contributed by atoms with Crippen molar-refractivity contribution in [3.05, 3.63) is 70.3 Å². The lowest BCUT2D eigenvalue weighted by molar-refractivity contribution is -0.135. The number of rotatable bonds is 2. The van der Waals surface area contributed by atoms with Crippen molar-refractivity contribution in [2.45, 2.75) is 68.6 Å². The zero-order chi connectivity index (χ0) is 37.8. The van der Waals surface area contributed by atoms with Crippen molar-refractivity contribution >= 4 is 49.3 Å². The standard InChI is InChI=1S/C34H41ClN2O6S.C5H9NO2S/c1-22-6-4-15-34(20-38,42-3)29-11-8-26(29)18-37-19-33(14-5-7-24-16-27(35)10-12-28(24)33)21-43-31-13-9-25(17-30(31)37)32(39)36-44(40,41)23(22)2;7-9(8)3-5(4-9)1-6-2-5/h4,9-10,12-13,15-17,20,22-23,26,29H,5-8,11,14,18-19,21H2,1-3H3,(H,36,39);6H,1-4H2/b15-4+;/t22-,23+,26-,29+,33-,34-;/m0./s1. The van der Waals surface area contributed by atoms with Gasteiger partial charge in [-0.1, -0.05) is 30.7 Å². The molecule has 0 unspecified atom stereocenters. The summed E-state index contributed by atoms with van der Waals surface area (Å²) in [5.74, 6) is 0.645. The molecule has 1 saturated carbocycles. The minimum absolute atomic E-state index is 0.0434. The normalized spacial score (nSPS) is 34.1. The van der Waals surface area contributed by atoms with Crippen LogP contribution in [-0.4, -0.2) is 91.3 Å². The molecule has 0 aromatic heterocycles. The molecule has 14 heteroatoms. The summed E-state index contributed by atoms with van der Waals surface area (Å²) in [5.41, 5.74) is 2.23. The number of amides is 1. The molecule has 4 heterocycles. The average molecular weight is 788 g/mol. The van der Waals surface area contributed by atoms with E-state index in [1.54, 1.807) is 32.2 Å². The van der Waals surface area contributed by atoms with Gasteiger partial charge in [0, 0.05) is 60.6 Å². The number of carbonyl (C=O) groups is 2. The number of carbonyl (C=O) groups excluding carboxylic acids is 2. The van der Waals surface area contributed by atoms with Crippen LogP contribution in [0.5, 0.6) is 5.75 Å². The van der Waals surface area contributed by atoms with Crippen molar-refractivity contribution in [2.75, 3.05) is 56.3 Å². The van der Waals surface area contributed by atoms with Crippen LogP contribution in [0.2, 0.25) is 5.02 Å². The predicted molar refractivity (Wildman–Crippen MR) is 205 cm³/mol. The third-order valence-electron chi connectivity index (χ3n) is 12.8. The number of halogens is 1. The summed E-state index contributed by atoms with van der Waals surface area (Å²) in [5, 5.41) is 2.95. The second-order valence-electron chi connectivity index (χ2n) is 16.3. The highest BCUT2D eigenvalue weighted by Crippen LogP contribution is 2.48. The molecule has 2 N–H and O–H groups in total. The van der Waals surface area contributed by atoms with E-state index in [0.29, 0.717) is 48.4 Å². The Balaban J connectivity index is 0.000000418. The van der Waals surface area contributed by atoms with Crippen LogP contribution in [0.1, 0.15) is 67.4 Å². The van der Waals surface area contributed by atoms with Gasteiger partial charge in [0.05, 0.1) is 29.0 Å². The molecule has 1 amide bonds. The molecule has 2 aromatic carbocycles. The molecule has 288 valence electrons. The lowest BCUT2D eigenvalue weighted by Crippen LogP contribution is -2.66. The van der Waals surface area contributed by atoms with Crippen molar-refractivity contribution < 1.29 is 35.9 Å². The highest BCUT2D eigenvalue weighted by atomic mass is 35.5. The number of allylic oxidation sites excluding steroid dienone is 1. The van der Waals surface area contributed by atoms with Crippen molar-refractivity contribution in [2.24, 2.45) is 23.2 Å². The fraction of sp³-hybridized carbons (Fsp3) is 0.590. The highest BCUT2D eigenvalue weighted by molar-refractivity contribution is 7.92. The van der Waals surface area contributed by atoms with Gasteiger partial charge >= 0.3 is 0 Å². The van der Waals surface area contributed by atoms with Gasteiger partial charge in [-0.25, -0.2) is 21.6 Å². The number of hydrogen-bond acceptors (Lipinski definition) is 10. The molecule has 3 fully saturated rings. The number of anilines is 1. The van der Waals surface area contributed by atoms with Crippen LogP contribution < -0.4 is 19.7 Å². The maximum absolute atomic E-state index is 13.4. The SMILES string of the molecule is CO[C@]1(C=O)/C=C/C[C@H](C)[C@@H](C)S(=O)(=O)NC(=O)c2ccc3c(c2)N(C[C@@H]2CC[C@H]21)C[C@@]1(CCCc2cc(Cl)ccc21)CO3.O=S1(=O)CC2(CNC2)C1. The summed E-state index contributed by atoms with van der Waals surface area (Å²) in [6, 6.07) is 11.3. The number of aldehydes is 1. The quantitative estimate of drug-likeness (QED) is 0.330. The van der Waals surface area contributed by atoms with Gasteiger partial charge in [0.15, 0.2) is 16.1 Å². The number of fused-ring (bicyclic) bond motifs is 4. The first-order valence-corrected chi connectivity index (χ1v) is 22.3. The smallest absolute Gasteiger partial charge is 0.264 e. The van der Waals surface area contributed by atoms with Gasteiger partial charge in [-0.2, -0.15) is 0 Å². The summed E-state index contributed by atoms with van der Waals surface area (Å²) in [4.78, 5) is 28.4. The number of ether oxygens (including phenoxy) is 2. The zero-order valence-corrected chi connectivity index (χ0v) is 33.0. The number of methoxy groups -OCH3 is 1. The van der Waals surface area contributed by atoms with E-state index in [0.717, 1.165) is 57.2 Å². The molecular formula is C39H50ClN3O8S2. The molecule has 6 aliphatic rings. The number of sulfone groups is 1. The van der Waals surface area contributed by atoms with Crippen LogP contribution in [-0.2, 0) is 41.2 Å². The largest absolute Gasteiger partial charge is 0.490 e. The number of nitrogens with zero attached hydrogens (tertiary/aromatic N) is 1. The fourth-order valence-corrected chi connectivity index (χ4v) is 12.9. The summed E-state index contributed by atoms with van der Waals surface area (Å²) in [6.45, 7) is 6.99. The molecule has 8 rings (SSSR count). The van der Waals surface area contributed by atoms with Crippen molar-refractivity contribution in [3.63, 3.8) is 0 Å². The molecule has 6 atom stereocenters. The second-order valence-corrected chi connectivity index (χ2v) is 20.9. The first kappa shape index (κ1) is 38.3. The number of aryl methyl sites for hydroxylation is 1. The van der Waals surface area contributed by atoms with Crippen LogP contribution in [0.15, 0.2) is 48.6 Å². The van der Waals surface area contributed by atoms with E-state index < -0.39 is 36.6 Å². The fourth-order valence-electron chi connectivity index (χ4n) is 9.26. The molecule has 11 nitrogen and oxygen atoms in total. The van der Waals surface area contributed by atoms with E-state index >= 15 is 0 Å². The third kappa shape index (κ3) is 7.28. The van der Waals surface area contributed by atoms with Crippen LogP contribution in [0.25, 0.3) is 0 Å². The second kappa shape index (κ2) is 14.3. The van der Waals surface area contributed by atoms with Crippen molar-refractivity contribution in [1.29, 1.82) is 0 Å². The first-order chi connectivity index (χ1) is 25.1. The molecule has 2 spiro atoms. The van der Waals surface area contributed by atoms with Gasteiger partial charge < -0.3 is 19.7 Å². The molecule has 2 bridgehead atoms. The van der Waals surface area contributed by atoms with E-state index in [2.05, 4.69) is 27.1 Å². The minimum Gasteiger partial charge on any atom is -0.490 e. The van der Waals surface area contributed by atoms with E-state index in [1.165, 1.54) is 11.1 Å². The molecule has 4 aliphatic heterocycles. The average Bonchev–Trinajstić information content (AvgIpc) is 3.23. The van der Waals surface area contributed by atoms with Gasteiger partial charge in [-0.15, -0.1) is 0 Å². The van der Waals surface area contributed by atoms with Crippen LogP contribution in [0, 0.1) is 23.2 Å². The lowest BCUT2D eigenvalue weighted by atomic mass is 9.64. The van der Waals surface area contributed by atoms with Crippen molar-refractivity contribution in [3.8, 4) is 5.75 Å². The number of benzene rings is 2. The number of nitrogens with one attached hydrogen (secondary N) is 2. The topological polar surface area (TPSA) is 148 Å². The number of sulfonamides is 1. The lowest BCUT2D eigenvalue weighted by Gasteiger charge is -2.48. The first-order valence-electron chi connectivity index (χ1n) is 18.6. The summed E-state index contributed by atoms with van der Waals surface area (Å²) in [6.07, 6.45) is 9.65. The van der Waals surface area contributed by atoms with Gasteiger partial charge in [-0.3, -0.25) is 9.59 Å². The maximum Gasteiger partial charge on any atom is 0.264 e. The molecule has 0 radical (unpaired) electrons. The summed E-state index contributed by atoms with van der Waals surface area (Å²) >= 11 is 6.40. The van der Waals surface area contributed by atoms with Gasteiger partial charge in [0.1, 0.15) is 11.4 Å². The Morgan fingerprint density at radius 1 is 1.06 bits per heavy atom. The Bertz CT molecular complexity index is 2010. The zero-order valence-electron chi connectivity index (χ0n) is 30.6. The van der Waals surface area contributed by atoms with E-state index in [1.807, 2.05) is 25.1 Å². The Morgan fingerprint density at radius 2 is 1.83 bits per heavy atom. The Labute approximate surface area is 318 Å². The maximum atomic E-state index is 13.4. The molecule has 53 heavy (non-hydrogen) atoms. The Morgan fingerprint density at radius 3 is 2.45 bits per heavy atom. The molecule has 2 saturated heterocycles. The van der Waals surface area contributed by atoms with Crippen molar-refractivity contribution in [1.82, 2.24) is 10.0 Å². The van der Waals surface area contributed by atoms with E-state index in [-0.39, 0.29) is 34.1 Å². The minimum atomic E-state index is -3.97. The van der Waals surface area contributed by atoms with Crippen LogP contribution in [0.3, 0.4) is 0 Å². The van der Waals surface area contributed by atoms with E-state index in [4.69, 9.17) is 21.1 Å². The van der Waals surface area contributed by atoms with Crippen LogP contribution in [0.4, 0.5) is 5.69 Å². The van der Waals surface area contributed by atoms with Gasteiger partial charge in [0.25, 0.3) is 5.91 Å². The molecule has 2 aliphatic carbocycles. The highest BCUT2D eigenvalue weighted by Gasteiger charge is 2.52. The summed E-state index contributed by atoms with van der Waals surface area (Å²) < 4.78 is 62.7. The van der Waals surface area contributed by atoms with Crippen LogP contribution >= 0.6 is 11.6 Å². The third-order valence-corrected chi connectivity index (χ3v) is 17.0. The Hall–Kier alpha value is -2.97. The molecule has 2 aromatic rings. The van der Waals surface area contributed by atoms with E-state index in [9.17, 15) is 26.4 Å². The predicted octanol–water partition coefficient (Wildman–Crippen LogP) is 4.47. The monoisotopic (exact) mass is 787 g/mol. The summed E-state index contributed by atoms with van der Waals surface area (Å²) in [7, 11) is -5.00. The Kier molecular flexibility index (Phi) is 10.3. The number of hydrogen-bond donors (Lipinski definition) is 2.